The van der Waals surface area contributed by atoms with Gasteiger partial charge in [-0.05, 0) is 18.8 Å². The molecule has 1 N–H and O–H groups in total. The van der Waals surface area contributed by atoms with Gasteiger partial charge in [-0.15, -0.1) is 0 Å². The first-order valence-corrected chi connectivity index (χ1v) is 5.51. The van der Waals surface area contributed by atoms with Gasteiger partial charge in [-0.1, -0.05) is 5.16 Å². The number of rotatable bonds is 3. The van der Waals surface area contributed by atoms with Crippen molar-refractivity contribution in [3.63, 3.8) is 0 Å². The maximum absolute atomic E-state index is 12.9. The van der Waals surface area contributed by atoms with Crippen LogP contribution in [0.5, 0.6) is 0 Å². The van der Waals surface area contributed by atoms with Crippen LogP contribution in [0.25, 0.3) is 0 Å². The first-order valence-electron chi connectivity index (χ1n) is 5.51. The Hall–Kier alpha value is -0.970. The van der Waals surface area contributed by atoms with Crippen LogP contribution in [0.15, 0.2) is 4.52 Å². The molecule has 1 saturated carbocycles. The minimum absolute atomic E-state index is 0.0829. The fourth-order valence-corrected chi connectivity index (χ4v) is 1.95. The van der Waals surface area contributed by atoms with E-state index in [2.05, 4.69) is 15.5 Å². The van der Waals surface area contributed by atoms with Gasteiger partial charge in [0, 0.05) is 19.4 Å². The molecule has 2 atom stereocenters. The van der Waals surface area contributed by atoms with Gasteiger partial charge in [-0.25, -0.2) is 4.39 Å². The Morgan fingerprint density at radius 2 is 2.33 bits per heavy atom. The van der Waals surface area contributed by atoms with Crippen LogP contribution < -0.4 is 5.32 Å². The molecule has 0 unspecified atom stereocenters. The lowest BCUT2D eigenvalue weighted by Gasteiger charge is -2.00. The molecule has 82 valence electrons. The zero-order valence-electron chi connectivity index (χ0n) is 8.45. The van der Waals surface area contributed by atoms with Crippen molar-refractivity contribution >= 4 is 0 Å². The average molecular weight is 211 g/mol. The van der Waals surface area contributed by atoms with E-state index < -0.39 is 6.17 Å². The summed E-state index contributed by atoms with van der Waals surface area (Å²) >= 11 is 0. The van der Waals surface area contributed by atoms with Crippen molar-refractivity contribution in [3.8, 4) is 0 Å². The van der Waals surface area contributed by atoms with Crippen LogP contribution in [0, 0.1) is 5.92 Å². The van der Waals surface area contributed by atoms with Gasteiger partial charge in [-0.2, -0.15) is 4.98 Å². The molecule has 0 aromatic carbocycles. The molecule has 1 saturated heterocycles. The Morgan fingerprint density at radius 3 is 3.00 bits per heavy atom. The van der Waals surface area contributed by atoms with Gasteiger partial charge in [-0.3, -0.25) is 0 Å². The number of halogens is 1. The zero-order chi connectivity index (χ0) is 10.3. The van der Waals surface area contributed by atoms with Gasteiger partial charge in [0.25, 0.3) is 0 Å². The topological polar surface area (TPSA) is 51.0 Å². The highest BCUT2D eigenvalue weighted by Gasteiger charge is 2.30. The second kappa shape index (κ2) is 3.56. The molecule has 0 bridgehead atoms. The molecule has 0 amide bonds. The molecule has 0 spiro atoms. The van der Waals surface area contributed by atoms with Crippen LogP contribution in [0.2, 0.25) is 0 Å². The third-order valence-corrected chi connectivity index (χ3v) is 3.03. The molecule has 1 aromatic heterocycles. The summed E-state index contributed by atoms with van der Waals surface area (Å²) in [5.41, 5.74) is 0. The molecular weight excluding hydrogens is 197 g/mol. The van der Waals surface area contributed by atoms with Crippen LogP contribution in [-0.4, -0.2) is 22.9 Å². The summed E-state index contributed by atoms with van der Waals surface area (Å²) in [6.45, 7) is 0.394. The van der Waals surface area contributed by atoms with E-state index in [-0.39, 0.29) is 6.04 Å². The molecule has 2 fully saturated rings. The van der Waals surface area contributed by atoms with E-state index in [1.54, 1.807) is 0 Å². The van der Waals surface area contributed by atoms with Gasteiger partial charge < -0.3 is 9.84 Å². The van der Waals surface area contributed by atoms with Crippen LogP contribution >= 0.6 is 0 Å². The lowest BCUT2D eigenvalue weighted by atomic mass is 10.2. The van der Waals surface area contributed by atoms with E-state index in [4.69, 9.17) is 4.52 Å². The van der Waals surface area contributed by atoms with Crippen molar-refractivity contribution in [2.75, 3.05) is 6.54 Å². The molecule has 1 aliphatic heterocycles. The Labute approximate surface area is 87.2 Å². The Balaban J connectivity index is 1.66. The number of nitrogens with zero attached hydrogens (tertiary/aromatic N) is 2. The number of aromatic nitrogens is 2. The van der Waals surface area contributed by atoms with Gasteiger partial charge in [0.2, 0.25) is 5.89 Å². The molecule has 5 heteroatoms. The smallest absolute Gasteiger partial charge is 0.243 e. The normalized spacial score (nSPS) is 31.0. The summed E-state index contributed by atoms with van der Waals surface area (Å²) in [5.74, 6) is 2.07. The van der Waals surface area contributed by atoms with Gasteiger partial charge in [0.15, 0.2) is 5.82 Å². The minimum Gasteiger partial charge on any atom is -0.338 e. The third kappa shape index (κ3) is 2.02. The Bertz CT molecular complexity index is 350. The predicted octanol–water partition coefficient (Wildman–Crippen LogP) is 1.39. The van der Waals surface area contributed by atoms with Gasteiger partial charge in [0.1, 0.15) is 6.17 Å². The summed E-state index contributed by atoms with van der Waals surface area (Å²) < 4.78 is 18.1. The average Bonchev–Trinajstić information content (AvgIpc) is 2.74. The highest BCUT2D eigenvalue weighted by atomic mass is 19.1. The summed E-state index contributed by atoms with van der Waals surface area (Å²) in [4.78, 5) is 4.30. The molecule has 1 aromatic rings. The summed E-state index contributed by atoms with van der Waals surface area (Å²) in [7, 11) is 0. The largest absolute Gasteiger partial charge is 0.338 e. The summed E-state index contributed by atoms with van der Waals surface area (Å²) in [5, 5.41) is 6.95. The lowest BCUT2D eigenvalue weighted by molar-refractivity contribution is 0.322. The minimum atomic E-state index is -0.784. The molecular formula is C10H14FN3O. The van der Waals surface area contributed by atoms with Crippen molar-refractivity contribution in [2.24, 2.45) is 5.92 Å². The van der Waals surface area contributed by atoms with Crippen molar-refractivity contribution in [1.82, 2.24) is 15.5 Å². The number of alkyl halides is 1. The predicted molar refractivity (Wildman–Crippen MR) is 51.0 cm³/mol. The molecule has 3 rings (SSSR count). The number of hydrogen-bond acceptors (Lipinski definition) is 4. The second-order valence-corrected chi connectivity index (χ2v) is 4.49. The fourth-order valence-electron chi connectivity index (χ4n) is 1.95. The number of hydrogen-bond donors (Lipinski definition) is 1. The third-order valence-electron chi connectivity index (χ3n) is 3.03. The van der Waals surface area contributed by atoms with E-state index in [9.17, 15) is 4.39 Å². The van der Waals surface area contributed by atoms with Crippen molar-refractivity contribution in [3.05, 3.63) is 11.7 Å². The number of nitrogens with one attached hydrogen (secondary N) is 1. The molecule has 0 radical (unpaired) electrons. The first kappa shape index (κ1) is 9.27. The quantitative estimate of drug-likeness (QED) is 0.821. The highest BCUT2D eigenvalue weighted by Crippen LogP contribution is 2.32. The molecule has 2 heterocycles. The van der Waals surface area contributed by atoms with Gasteiger partial charge in [0.05, 0.1) is 6.04 Å². The lowest BCUT2D eigenvalue weighted by Crippen LogP contribution is -2.14. The SMILES string of the molecule is F[C@@H]1CN[C@@H](c2nc(CC3CC3)no2)C1. The standard InChI is InChI=1S/C10H14FN3O/c11-7-4-8(12-5-7)10-13-9(14-15-10)3-6-1-2-6/h6-8,12H,1-5H2/t7-,8+/m0/s1. The summed E-state index contributed by atoms with van der Waals surface area (Å²) in [6, 6.07) is -0.0829. The van der Waals surface area contributed by atoms with Crippen molar-refractivity contribution < 1.29 is 8.91 Å². The van der Waals surface area contributed by atoms with Crippen LogP contribution in [0.4, 0.5) is 4.39 Å². The monoisotopic (exact) mass is 211 g/mol. The van der Waals surface area contributed by atoms with E-state index in [0.29, 0.717) is 18.9 Å². The van der Waals surface area contributed by atoms with E-state index in [1.165, 1.54) is 12.8 Å². The van der Waals surface area contributed by atoms with E-state index in [1.807, 2.05) is 0 Å². The molecule has 15 heavy (non-hydrogen) atoms. The maximum Gasteiger partial charge on any atom is 0.243 e. The summed E-state index contributed by atoms with van der Waals surface area (Å²) in [6.07, 6.45) is 3.13. The van der Waals surface area contributed by atoms with Crippen molar-refractivity contribution in [2.45, 2.75) is 37.9 Å². The Kier molecular flexibility index (Phi) is 2.20. The van der Waals surface area contributed by atoms with Crippen LogP contribution in [0.1, 0.15) is 37.0 Å². The fraction of sp³-hybridized carbons (Fsp3) is 0.800. The maximum atomic E-state index is 12.9. The first-order chi connectivity index (χ1) is 7.31. The zero-order valence-corrected chi connectivity index (χ0v) is 8.45. The second-order valence-electron chi connectivity index (χ2n) is 4.49. The van der Waals surface area contributed by atoms with Crippen LogP contribution in [-0.2, 0) is 6.42 Å². The van der Waals surface area contributed by atoms with E-state index >= 15 is 0 Å². The van der Waals surface area contributed by atoms with Crippen LogP contribution in [0.3, 0.4) is 0 Å². The highest BCUT2D eigenvalue weighted by molar-refractivity contribution is 4.99. The van der Waals surface area contributed by atoms with Crippen molar-refractivity contribution in [1.29, 1.82) is 0 Å². The Morgan fingerprint density at radius 1 is 1.47 bits per heavy atom. The van der Waals surface area contributed by atoms with E-state index in [0.717, 1.165) is 18.2 Å². The molecule has 4 nitrogen and oxygen atoms in total. The van der Waals surface area contributed by atoms with Gasteiger partial charge >= 0.3 is 0 Å². The molecule has 1 aliphatic carbocycles. The molecule has 2 aliphatic rings.